The van der Waals surface area contributed by atoms with E-state index in [1.807, 2.05) is 0 Å². The van der Waals surface area contributed by atoms with E-state index in [0.717, 1.165) is 18.2 Å². The molecule has 3 rings (SSSR count). The van der Waals surface area contributed by atoms with Crippen LogP contribution >= 0.6 is 0 Å². The Morgan fingerprint density at radius 3 is 2.47 bits per heavy atom. The maximum atomic E-state index is 14.2. The number of halogens is 3. The number of anilines is 1. The first kappa shape index (κ1) is 21.6. The van der Waals surface area contributed by atoms with Crippen molar-refractivity contribution in [3.63, 3.8) is 0 Å². The second kappa shape index (κ2) is 7.98. The van der Waals surface area contributed by atoms with Crippen molar-refractivity contribution in [1.82, 2.24) is 0 Å². The molecule has 2 atom stereocenters. The summed E-state index contributed by atoms with van der Waals surface area (Å²) < 4.78 is 52.4. The fourth-order valence-corrected chi connectivity index (χ4v) is 3.67. The van der Waals surface area contributed by atoms with Crippen LogP contribution in [-0.2, 0) is 9.53 Å². The maximum Gasteiger partial charge on any atom is 0.254 e. The molecule has 0 aliphatic carbocycles. The Bertz CT molecular complexity index is 1010. The summed E-state index contributed by atoms with van der Waals surface area (Å²) in [4.78, 5) is 24.3. The van der Waals surface area contributed by atoms with Crippen LogP contribution in [-0.4, -0.2) is 30.6 Å². The van der Waals surface area contributed by atoms with Gasteiger partial charge in [-0.3, -0.25) is 9.59 Å². The fourth-order valence-electron chi connectivity index (χ4n) is 3.67. The zero-order valence-corrected chi connectivity index (χ0v) is 16.6. The maximum absolute atomic E-state index is 14.2. The highest BCUT2D eigenvalue weighted by Crippen LogP contribution is 2.45. The molecule has 1 heterocycles. The van der Waals surface area contributed by atoms with Crippen molar-refractivity contribution in [2.75, 3.05) is 12.4 Å². The zero-order valence-electron chi connectivity index (χ0n) is 16.6. The van der Waals surface area contributed by atoms with Gasteiger partial charge in [-0.2, -0.15) is 4.39 Å². The van der Waals surface area contributed by atoms with Crippen molar-refractivity contribution in [1.29, 1.82) is 0 Å². The minimum Gasteiger partial charge on any atom is -0.493 e. The monoisotopic (exact) mass is 422 g/mol. The molecule has 3 N–H and O–H groups in total. The summed E-state index contributed by atoms with van der Waals surface area (Å²) in [5.74, 6) is -5.55. The van der Waals surface area contributed by atoms with E-state index in [1.54, 1.807) is 13.8 Å². The van der Waals surface area contributed by atoms with Gasteiger partial charge >= 0.3 is 0 Å². The van der Waals surface area contributed by atoms with E-state index in [0.29, 0.717) is 12.0 Å². The SMILES string of the molecule is COc1c([C@H]2CC(C)(C)O[C@@H]2C(=O)Nc2ccc(F)c(C(N)=O)c2)ccc(F)c1F. The molecule has 9 heteroatoms. The lowest BCUT2D eigenvalue weighted by atomic mass is 9.86. The standard InChI is InChI=1S/C21H21F3N2O4/c1-21(2)9-13(11-5-7-15(23)16(24)17(11)29-3)18(30-21)20(28)26-10-4-6-14(22)12(8-10)19(25)27/h4-8,13,18H,9H2,1-3H3,(H2,25,27)(H,26,28)/t13-,18+/m1/s1. The predicted molar refractivity (Wildman–Crippen MR) is 103 cm³/mol. The molecule has 1 aliphatic heterocycles. The van der Waals surface area contributed by atoms with Gasteiger partial charge in [-0.1, -0.05) is 6.07 Å². The number of rotatable bonds is 5. The molecule has 6 nitrogen and oxygen atoms in total. The highest BCUT2D eigenvalue weighted by molar-refractivity contribution is 5.98. The molecule has 0 radical (unpaired) electrons. The molecule has 0 unspecified atom stereocenters. The van der Waals surface area contributed by atoms with Gasteiger partial charge in [0.2, 0.25) is 5.82 Å². The second-order valence-corrected chi connectivity index (χ2v) is 7.64. The van der Waals surface area contributed by atoms with Gasteiger partial charge in [0.25, 0.3) is 11.8 Å². The van der Waals surface area contributed by atoms with Crippen molar-refractivity contribution in [3.05, 3.63) is 58.9 Å². The topological polar surface area (TPSA) is 90.7 Å². The van der Waals surface area contributed by atoms with Crippen LogP contribution in [0.4, 0.5) is 18.9 Å². The summed E-state index contributed by atoms with van der Waals surface area (Å²) in [6, 6.07) is 5.71. The van der Waals surface area contributed by atoms with Crippen molar-refractivity contribution in [2.45, 2.75) is 37.9 Å². The van der Waals surface area contributed by atoms with Crippen LogP contribution in [0, 0.1) is 17.5 Å². The molecule has 30 heavy (non-hydrogen) atoms. The van der Waals surface area contributed by atoms with Gasteiger partial charge in [-0.15, -0.1) is 0 Å². The Morgan fingerprint density at radius 1 is 1.17 bits per heavy atom. The lowest BCUT2D eigenvalue weighted by Crippen LogP contribution is -2.33. The Balaban J connectivity index is 1.94. The van der Waals surface area contributed by atoms with Gasteiger partial charge in [0.05, 0.1) is 18.3 Å². The van der Waals surface area contributed by atoms with Crippen molar-refractivity contribution in [2.24, 2.45) is 5.73 Å². The molecule has 0 bridgehead atoms. The Kier molecular flexibility index (Phi) is 5.76. The first-order valence-corrected chi connectivity index (χ1v) is 9.14. The highest BCUT2D eigenvalue weighted by atomic mass is 19.2. The number of carbonyl (C=O) groups excluding carboxylic acids is 2. The van der Waals surface area contributed by atoms with Crippen LogP contribution in [0.15, 0.2) is 30.3 Å². The third-order valence-electron chi connectivity index (χ3n) is 4.96. The van der Waals surface area contributed by atoms with Crippen LogP contribution in [0.1, 0.15) is 42.1 Å². The Hall–Kier alpha value is -3.07. The highest BCUT2D eigenvalue weighted by Gasteiger charge is 2.46. The smallest absolute Gasteiger partial charge is 0.254 e. The molecule has 1 fully saturated rings. The minimum atomic E-state index is -1.15. The van der Waals surface area contributed by atoms with Crippen LogP contribution in [0.5, 0.6) is 5.75 Å². The number of nitrogens with two attached hydrogens (primary N) is 1. The van der Waals surface area contributed by atoms with E-state index in [4.69, 9.17) is 15.2 Å². The van der Waals surface area contributed by atoms with E-state index >= 15 is 0 Å². The molecular weight excluding hydrogens is 401 g/mol. The zero-order chi connectivity index (χ0) is 22.2. The van der Waals surface area contributed by atoms with E-state index in [2.05, 4.69) is 5.32 Å². The third-order valence-corrected chi connectivity index (χ3v) is 4.96. The van der Waals surface area contributed by atoms with Gasteiger partial charge in [0.1, 0.15) is 11.9 Å². The Labute approximate surface area is 171 Å². The molecule has 0 spiro atoms. The number of methoxy groups -OCH3 is 1. The third kappa shape index (κ3) is 4.11. The van der Waals surface area contributed by atoms with E-state index in [1.165, 1.54) is 19.2 Å². The van der Waals surface area contributed by atoms with E-state index in [-0.39, 0.29) is 17.0 Å². The average Bonchev–Trinajstić information content (AvgIpc) is 3.00. The van der Waals surface area contributed by atoms with Crippen LogP contribution in [0.2, 0.25) is 0 Å². The fraction of sp³-hybridized carbons (Fsp3) is 0.333. The van der Waals surface area contributed by atoms with Crippen molar-refractivity contribution in [3.8, 4) is 5.75 Å². The number of ether oxygens (including phenoxy) is 2. The molecule has 0 saturated carbocycles. The summed E-state index contributed by atoms with van der Waals surface area (Å²) in [5.41, 5.74) is 4.45. The van der Waals surface area contributed by atoms with E-state index in [9.17, 15) is 22.8 Å². The first-order valence-electron chi connectivity index (χ1n) is 9.14. The van der Waals surface area contributed by atoms with Crippen LogP contribution in [0.25, 0.3) is 0 Å². The van der Waals surface area contributed by atoms with Crippen LogP contribution < -0.4 is 15.8 Å². The summed E-state index contributed by atoms with van der Waals surface area (Å²) in [6.07, 6.45) is -0.733. The summed E-state index contributed by atoms with van der Waals surface area (Å²) in [7, 11) is 1.21. The van der Waals surface area contributed by atoms with E-state index < -0.39 is 46.9 Å². The predicted octanol–water partition coefficient (Wildman–Crippen LogP) is 3.50. The quantitative estimate of drug-likeness (QED) is 0.772. The van der Waals surface area contributed by atoms with Crippen LogP contribution in [0.3, 0.4) is 0 Å². The number of nitrogens with one attached hydrogen (secondary N) is 1. The number of carbonyl (C=O) groups is 2. The van der Waals surface area contributed by atoms with Gasteiger partial charge < -0.3 is 20.5 Å². The van der Waals surface area contributed by atoms with Gasteiger partial charge in [0.15, 0.2) is 11.6 Å². The van der Waals surface area contributed by atoms with Gasteiger partial charge in [0, 0.05) is 17.2 Å². The summed E-state index contributed by atoms with van der Waals surface area (Å²) in [6.45, 7) is 3.53. The normalized spacial score (nSPS) is 20.1. The molecule has 0 aromatic heterocycles. The molecule has 2 amide bonds. The minimum absolute atomic E-state index is 0.138. The lowest BCUT2D eigenvalue weighted by Gasteiger charge is -2.21. The van der Waals surface area contributed by atoms with Crippen molar-refractivity contribution < 1.29 is 32.2 Å². The molecule has 2 aromatic rings. The summed E-state index contributed by atoms with van der Waals surface area (Å²) in [5, 5.41) is 2.56. The first-order chi connectivity index (χ1) is 14.0. The number of hydrogen-bond donors (Lipinski definition) is 2. The molecule has 160 valence electrons. The van der Waals surface area contributed by atoms with Gasteiger partial charge in [-0.25, -0.2) is 8.78 Å². The molecule has 1 saturated heterocycles. The van der Waals surface area contributed by atoms with Crippen molar-refractivity contribution >= 4 is 17.5 Å². The number of hydrogen-bond acceptors (Lipinski definition) is 4. The molecule has 2 aromatic carbocycles. The Morgan fingerprint density at radius 2 is 1.83 bits per heavy atom. The summed E-state index contributed by atoms with van der Waals surface area (Å²) >= 11 is 0. The van der Waals surface area contributed by atoms with Gasteiger partial charge in [-0.05, 0) is 44.5 Å². The number of primary amides is 1. The second-order valence-electron chi connectivity index (χ2n) is 7.64. The average molecular weight is 422 g/mol. The number of benzene rings is 2. The number of amides is 2. The largest absolute Gasteiger partial charge is 0.493 e. The molecular formula is C21H21F3N2O4. The lowest BCUT2D eigenvalue weighted by molar-refractivity contribution is -0.130. The molecule has 1 aliphatic rings.